The summed E-state index contributed by atoms with van der Waals surface area (Å²) in [4.78, 5) is 26.3. The van der Waals surface area contributed by atoms with Gasteiger partial charge in [0.25, 0.3) is 5.91 Å². The Hall–Kier alpha value is -1.99. The zero-order valence-electron chi connectivity index (χ0n) is 15.3. The van der Waals surface area contributed by atoms with Crippen molar-refractivity contribution in [2.45, 2.75) is 26.7 Å². The molecule has 1 fully saturated rings. The van der Waals surface area contributed by atoms with Crippen molar-refractivity contribution < 1.29 is 4.79 Å². The third-order valence-electron chi connectivity index (χ3n) is 4.91. The first-order valence-corrected chi connectivity index (χ1v) is 10.7. The summed E-state index contributed by atoms with van der Waals surface area (Å²) in [6.45, 7) is 6.18. The molecular weight excluding hydrogens is 424 g/mol. The normalized spacial score (nSPS) is 17.3. The molecule has 3 aromatic rings. The van der Waals surface area contributed by atoms with Crippen molar-refractivity contribution in [2.24, 2.45) is 5.92 Å². The smallest absolute Gasteiger partial charge is 0.257 e. The van der Waals surface area contributed by atoms with Gasteiger partial charge in [-0.3, -0.25) is 4.79 Å². The molecule has 1 aliphatic heterocycles. The molecular formula is C20H21BrN4OS. The van der Waals surface area contributed by atoms with E-state index < -0.39 is 0 Å². The second-order valence-electron chi connectivity index (χ2n) is 7.07. The van der Waals surface area contributed by atoms with Gasteiger partial charge in [0, 0.05) is 28.1 Å². The van der Waals surface area contributed by atoms with Crippen LogP contribution >= 0.6 is 27.3 Å². The highest BCUT2D eigenvalue weighted by Gasteiger charge is 2.25. The minimum Gasteiger partial charge on any atom is -0.356 e. The van der Waals surface area contributed by atoms with Gasteiger partial charge in [-0.15, -0.1) is 11.3 Å². The van der Waals surface area contributed by atoms with E-state index in [1.165, 1.54) is 6.42 Å². The number of fused-ring (bicyclic) bond motifs is 1. The first-order valence-electron chi connectivity index (χ1n) is 9.09. The Morgan fingerprint density at radius 3 is 3.00 bits per heavy atom. The SMILES string of the molecule is Cc1sc2ncnc(N3CCC[C@@H](C)C3)c2c1C(=O)Nc1cccc(Br)c1. The molecule has 1 aromatic carbocycles. The number of aryl methyl sites for hydroxylation is 1. The van der Waals surface area contributed by atoms with Crippen molar-refractivity contribution >= 4 is 54.9 Å². The molecule has 3 heterocycles. The highest BCUT2D eigenvalue weighted by Crippen LogP contribution is 2.36. The Bertz CT molecular complexity index is 1000. The van der Waals surface area contributed by atoms with Crippen LogP contribution in [0.1, 0.15) is 35.0 Å². The van der Waals surface area contributed by atoms with Crippen molar-refractivity contribution in [3.63, 3.8) is 0 Å². The molecule has 0 unspecified atom stereocenters. The molecule has 2 aromatic heterocycles. The molecule has 0 saturated carbocycles. The lowest BCUT2D eigenvalue weighted by Crippen LogP contribution is -2.35. The van der Waals surface area contributed by atoms with Crippen molar-refractivity contribution in [1.82, 2.24) is 9.97 Å². The van der Waals surface area contributed by atoms with Crippen molar-refractivity contribution in [1.29, 1.82) is 0 Å². The maximum Gasteiger partial charge on any atom is 0.257 e. The molecule has 1 atom stereocenters. The predicted octanol–water partition coefficient (Wildman–Crippen LogP) is 5.25. The lowest BCUT2D eigenvalue weighted by molar-refractivity contribution is 0.102. The summed E-state index contributed by atoms with van der Waals surface area (Å²) >= 11 is 5.00. The van der Waals surface area contributed by atoms with E-state index in [4.69, 9.17) is 0 Å². The maximum atomic E-state index is 13.1. The van der Waals surface area contributed by atoms with E-state index in [2.05, 4.69) is 43.0 Å². The molecule has 0 radical (unpaired) electrons. The topological polar surface area (TPSA) is 58.1 Å². The number of rotatable bonds is 3. The average Bonchev–Trinajstić information content (AvgIpc) is 2.97. The molecule has 4 rings (SSSR count). The number of thiophene rings is 1. The van der Waals surface area contributed by atoms with Crippen LogP contribution < -0.4 is 10.2 Å². The highest BCUT2D eigenvalue weighted by molar-refractivity contribution is 9.10. The monoisotopic (exact) mass is 444 g/mol. The number of hydrogen-bond acceptors (Lipinski definition) is 5. The molecule has 27 heavy (non-hydrogen) atoms. The van der Waals surface area contributed by atoms with Gasteiger partial charge in [0.15, 0.2) is 0 Å². The minimum atomic E-state index is -0.113. The van der Waals surface area contributed by atoms with Crippen molar-refractivity contribution in [3.8, 4) is 0 Å². The number of halogens is 1. The van der Waals surface area contributed by atoms with E-state index >= 15 is 0 Å². The number of benzene rings is 1. The second-order valence-corrected chi connectivity index (χ2v) is 9.19. The van der Waals surface area contributed by atoms with E-state index in [9.17, 15) is 4.79 Å². The average molecular weight is 445 g/mol. The van der Waals surface area contributed by atoms with Gasteiger partial charge in [-0.2, -0.15) is 0 Å². The summed E-state index contributed by atoms with van der Waals surface area (Å²) < 4.78 is 0.929. The lowest BCUT2D eigenvalue weighted by atomic mass is 10.00. The van der Waals surface area contributed by atoms with Gasteiger partial charge in [-0.1, -0.05) is 28.9 Å². The van der Waals surface area contributed by atoms with Crippen LogP contribution in [-0.4, -0.2) is 29.0 Å². The Labute approximate surface area is 171 Å². The van der Waals surface area contributed by atoms with Gasteiger partial charge in [0.1, 0.15) is 17.0 Å². The summed E-state index contributed by atoms with van der Waals surface area (Å²) in [5, 5.41) is 3.90. The number of carbonyl (C=O) groups is 1. The number of carbonyl (C=O) groups excluding carboxylic acids is 1. The third-order valence-corrected chi connectivity index (χ3v) is 6.42. The van der Waals surface area contributed by atoms with Crippen molar-refractivity contribution in [3.05, 3.63) is 45.5 Å². The van der Waals surface area contributed by atoms with Gasteiger partial charge in [-0.25, -0.2) is 9.97 Å². The largest absolute Gasteiger partial charge is 0.356 e. The van der Waals surface area contributed by atoms with Gasteiger partial charge in [0.05, 0.1) is 10.9 Å². The van der Waals surface area contributed by atoms with Gasteiger partial charge >= 0.3 is 0 Å². The molecule has 1 saturated heterocycles. The quantitative estimate of drug-likeness (QED) is 0.598. The van der Waals surface area contributed by atoms with Gasteiger partial charge in [-0.05, 0) is 43.9 Å². The zero-order valence-corrected chi connectivity index (χ0v) is 17.7. The summed E-state index contributed by atoms with van der Waals surface area (Å²) in [6.07, 6.45) is 4.00. The molecule has 140 valence electrons. The molecule has 1 aliphatic rings. The first kappa shape index (κ1) is 18.4. The van der Waals surface area contributed by atoms with E-state index in [-0.39, 0.29) is 5.91 Å². The number of piperidine rings is 1. The van der Waals surface area contributed by atoms with Crippen LogP contribution in [0, 0.1) is 12.8 Å². The van der Waals surface area contributed by atoms with Crippen LogP contribution in [0.5, 0.6) is 0 Å². The van der Waals surface area contributed by atoms with Gasteiger partial charge < -0.3 is 10.2 Å². The number of hydrogen-bond donors (Lipinski definition) is 1. The third kappa shape index (κ3) is 3.71. The van der Waals surface area contributed by atoms with Gasteiger partial charge in [0.2, 0.25) is 0 Å². The van der Waals surface area contributed by atoms with Crippen LogP contribution in [0.25, 0.3) is 10.2 Å². The van der Waals surface area contributed by atoms with Crippen molar-refractivity contribution in [2.75, 3.05) is 23.3 Å². The fourth-order valence-electron chi connectivity index (χ4n) is 3.68. The van der Waals surface area contributed by atoms with Crippen LogP contribution in [-0.2, 0) is 0 Å². The second kappa shape index (κ2) is 7.56. The van der Waals surface area contributed by atoms with Crippen LogP contribution in [0.4, 0.5) is 11.5 Å². The van der Waals surface area contributed by atoms with E-state index in [1.54, 1.807) is 17.7 Å². The maximum absolute atomic E-state index is 13.1. The highest BCUT2D eigenvalue weighted by atomic mass is 79.9. The van der Waals surface area contributed by atoms with Crippen LogP contribution in [0.15, 0.2) is 35.1 Å². The molecule has 5 nitrogen and oxygen atoms in total. The van der Waals surface area contributed by atoms with E-state index in [1.807, 2.05) is 31.2 Å². The molecule has 0 spiro atoms. The standard InChI is InChI=1S/C20H21BrN4OS/c1-12-5-4-8-25(10-12)18-17-16(13(2)27-20(17)23-11-22-18)19(26)24-15-7-3-6-14(21)9-15/h3,6-7,9,11-12H,4-5,8,10H2,1-2H3,(H,24,26)/t12-/m1/s1. The summed E-state index contributed by atoms with van der Waals surface area (Å²) in [6, 6.07) is 7.62. The predicted molar refractivity (Wildman–Crippen MR) is 115 cm³/mol. The van der Waals surface area contributed by atoms with E-state index in [0.717, 1.165) is 50.6 Å². The fourth-order valence-corrected chi connectivity index (χ4v) is 5.07. The number of amides is 1. The molecule has 1 N–H and O–H groups in total. The lowest BCUT2D eigenvalue weighted by Gasteiger charge is -2.32. The van der Waals surface area contributed by atoms with Crippen LogP contribution in [0.2, 0.25) is 0 Å². The first-order chi connectivity index (χ1) is 13.0. The Balaban J connectivity index is 1.76. The molecule has 0 aliphatic carbocycles. The number of nitrogens with zero attached hydrogens (tertiary/aromatic N) is 3. The summed E-state index contributed by atoms with van der Waals surface area (Å²) in [5.74, 6) is 1.40. The zero-order chi connectivity index (χ0) is 19.0. The minimum absolute atomic E-state index is 0.113. The summed E-state index contributed by atoms with van der Waals surface area (Å²) in [7, 11) is 0. The molecule has 1 amide bonds. The molecule has 7 heteroatoms. The number of anilines is 2. The fraction of sp³-hybridized carbons (Fsp3) is 0.350. The Morgan fingerprint density at radius 1 is 1.37 bits per heavy atom. The van der Waals surface area contributed by atoms with E-state index in [0.29, 0.717) is 11.5 Å². The number of aromatic nitrogens is 2. The number of nitrogens with one attached hydrogen (secondary N) is 1. The summed E-state index contributed by atoms with van der Waals surface area (Å²) in [5.41, 5.74) is 1.45. The molecule has 0 bridgehead atoms. The Morgan fingerprint density at radius 2 is 2.22 bits per heavy atom. The van der Waals surface area contributed by atoms with Crippen LogP contribution in [0.3, 0.4) is 0 Å². The Kier molecular flexibility index (Phi) is 5.14.